The van der Waals surface area contributed by atoms with Crippen LogP contribution in [0.25, 0.3) is 0 Å². The van der Waals surface area contributed by atoms with Crippen LogP contribution in [0.5, 0.6) is 0 Å². The summed E-state index contributed by atoms with van der Waals surface area (Å²) in [7, 11) is 0. The van der Waals surface area contributed by atoms with Crippen molar-refractivity contribution in [3.05, 3.63) is 0 Å². The Morgan fingerprint density at radius 2 is 1.17 bits per heavy atom. The van der Waals surface area contributed by atoms with Crippen molar-refractivity contribution in [2.45, 2.75) is 81.1 Å². The number of carbonyl (C=O) groups is 1. The average molecular weight is 329 g/mol. The zero-order valence-corrected chi connectivity index (χ0v) is 17.3. The van der Waals surface area contributed by atoms with Crippen LogP contribution in [-0.2, 0) is 4.79 Å². The molecule has 0 atom stereocenters. The molecule has 0 radical (unpaired) electrons. The normalized spacial score (nSPS) is 19.4. The summed E-state index contributed by atoms with van der Waals surface area (Å²) in [4.78, 5) is 15.3. The van der Waals surface area contributed by atoms with Crippen molar-refractivity contribution in [1.29, 1.82) is 0 Å². The van der Waals surface area contributed by atoms with Gasteiger partial charge < -0.3 is 9.80 Å². The predicted octanol–water partition coefficient (Wildman–Crippen LogP) is 5.06. The second kappa shape index (κ2) is 16.3. The van der Waals surface area contributed by atoms with E-state index in [-0.39, 0.29) is 5.91 Å². The average Bonchev–Trinajstić information content (AvgIpc) is 2.60. The summed E-state index contributed by atoms with van der Waals surface area (Å²) in [5.41, 5.74) is 0. The number of amides is 1. The molecule has 23 heavy (non-hydrogen) atoms. The highest BCUT2D eigenvalue weighted by molar-refractivity contribution is 5.73. The van der Waals surface area contributed by atoms with E-state index in [1.54, 1.807) is 6.92 Å². The fraction of sp³-hybridized carbons (Fsp3) is 0.950. The molecule has 2 heterocycles. The minimum atomic E-state index is 0.229. The maximum atomic E-state index is 10.8. The Morgan fingerprint density at radius 1 is 0.826 bits per heavy atom. The molecule has 2 fully saturated rings. The summed E-state index contributed by atoms with van der Waals surface area (Å²) in [5.74, 6) is 2.02. The summed E-state index contributed by atoms with van der Waals surface area (Å²) in [6.07, 6.45) is 5.18. The molecule has 2 aliphatic heterocycles. The van der Waals surface area contributed by atoms with Gasteiger partial charge in [-0.15, -0.1) is 0 Å². The van der Waals surface area contributed by atoms with Gasteiger partial charge in [-0.05, 0) is 57.2 Å². The number of hydrogen-bond acceptors (Lipinski definition) is 2. The van der Waals surface area contributed by atoms with Crippen molar-refractivity contribution in [3.8, 4) is 0 Å². The van der Waals surface area contributed by atoms with Gasteiger partial charge in [-0.3, -0.25) is 4.79 Å². The van der Waals surface area contributed by atoms with Crippen LogP contribution in [0.15, 0.2) is 0 Å². The molecular weight excluding hydrogens is 284 g/mol. The van der Waals surface area contributed by atoms with Gasteiger partial charge in [0.1, 0.15) is 0 Å². The van der Waals surface area contributed by atoms with Gasteiger partial charge in [0.25, 0.3) is 0 Å². The number of rotatable bonds is 1. The van der Waals surface area contributed by atoms with E-state index in [1.165, 1.54) is 45.3 Å². The maximum Gasteiger partial charge on any atom is 0.219 e. The van der Waals surface area contributed by atoms with Gasteiger partial charge in [-0.25, -0.2) is 0 Å². The Kier molecular flexibility index (Phi) is 17.5. The van der Waals surface area contributed by atoms with Crippen LogP contribution >= 0.6 is 0 Å². The first-order valence-corrected chi connectivity index (χ1v) is 10.0. The van der Waals surface area contributed by atoms with E-state index in [2.05, 4.69) is 25.7 Å². The molecule has 3 nitrogen and oxygen atoms in total. The largest absolute Gasteiger partial charge is 0.343 e. The van der Waals surface area contributed by atoms with Crippen LogP contribution in [0.3, 0.4) is 0 Å². The van der Waals surface area contributed by atoms with Gasteiger partial charge in [-0.1, -0.05) is 48.5 Å². The van der Waals surface area contributed by atoms with Crippen molar-refractivity contribution >= 4 is 5.91 Å². The smallest absolute Gasteiger partial charge is 0.219 e. The van der Waals surface area contributed by atoms with Crippen LogP contribution in [0.1, 0.15) is 81.1 Å². The van der Waals surface area contributed by atoms with Crippen LogP contribution in [-0.4, -0.2) is 48.4 Å². The highest BCUT2D eigenvalue weighted by Gasteiger charge is 2.16. The van der Waals surface area contributed by atoms with Crippen molar-refractivity contribution in [2.24, 2.45) is 11.8 Å². The van der Waals surface area contributed by atoms with Crippen molar-refractivity contribution in [1.82, 2.24) is 9.80 Å². The molecule has 0 aromatic rings. The first kappa shape index (κ1) is 24.7. The molecule has 0 aliphatic carbocycles. The maximum absolute atomic E-state index is 10.8. The molecule has 0 N–H and O–H groups in total. The third kappa shape index (κ3) is 12.5. The molecule has 3 heteroatoms. The minimum Gasteiger partial charge on any atom is -0.343 e. The van der Waals surface area contributed by atoms with Crippen molar-refractivity contribution < 1.29 is 4.79 Å². The molecule has 140 valence electrons. The summed E-state index contributed by atoms with van der Waals surface area (Å²) >= 11 is 0. The highest BCUT2D eigenvalue weighted by atomic mass is 16.2. The Morgan fingerprint density at radius 3 is 1.48 bits per heavy atom. The molecule has 2 aliphatic rings. The number of likely N-dealkylation sites (tertiary alicyclic amines) is 2. The number of carbonyl (C=O) groups excluding carboxylic acids is 1. The van der Waals surface area contributed by atoms with Gasteiger partial charge in [0, 0.05) is 20.0 Å². The molecule has 0 spiro atoms. The monoisotopic (exact) mass is 328 g/mol. The van der Waals surface area contributed by atoms with E-state index < -0.39 is 0 Å². The lowest BCUT2D eigenvalue weighted by Gasteiger charge is -2.29. The third-order valence-electron chi connectivity index (χ3n) is 4.55. The van der Waals surface area contributed by atoms with E-state index in [9.17, 15) is 4.79 Å². The van der Waals surface area contributed by atoms with Crippen LogP contribution in [0.4, 0.5) is 0 Å². The van der Waals surface area contributed by atoms with E-state index in [0.29, 0.717) is 0 Å². The Balaban J connectivity index is 0. The minimum absolute atomic E-state index is 0.229. The Labute approximate surface area is 146 Å². The standard InChI is InChI=1S/C8H15NO.C8H17N.2C2H6/c1-7-3-5-9(6-4-7)8(2)10;1-3-9-6-4-8(2)5-7-9;2*1-2/h7H,3-6H2,1-2H3;8H,3-7H2,1-2H3;2*1-2H3. The quantitative estimate of drug-likeness (QED) is 0.672. The highest BCUT2D eigenvalue weighted by Crippen LogP contribution is 2.15. The lowest BCUT2D eigenvalue weighted by Crippen LogP contribution is -2.36. The van der Waals surface area contributed by atoms with Crippen molar-refractivity contribution in [2.75, 3.05) is 32.7 Å². The fourth-order valence-corrected chi connectivity index (χ4v) is 2.70. The zero-order valence-electron chi connectivity index (χ0n) is 17.3. The fourth-order valence-electron chi connectivity index (χ4n) is 2.70. The zero-order chi connectivity index (χ0) is 18.3. The number of hydrogen-bond donors (Lipinski definition) is 0. The Bertz CT molecular complexity index is 252. The second-order valence-corrected chi connectivity index (χ2v) is 6.31. The summed E-state index contributed by atoms with van der Waals surface area (Å²) in [5, 5.41) is 0. The summed E-state index contributed by atoms with van der Waals surface area (Å²) in [6.45, 7) is 22.3. The molecule has 0 aromatic heterocycles. The SMILES string of the molecule is CC.CC.CC(=O)N1CCC(C)CC1.CCN1CCC(C)CC1. The summed E-state index contributed by atoms with van der Waals surface area (Å²) < 4.78 is 0. The van der Waals surface area contributed by atoms with Gasteiger partial charge >= 0.3 is 0 Å². The van der Waals surface area contributed by atoms with E-state index in [0.717, 1.165) is 24.9 Å². The molecule has 2 saturated heterocycles. The molecule has 1 amide bonds. The summed E-state index contributed by atoms with van der Waals surface area (Å²) in [6, 6.07) is 0. The molecule has 2 rings (SSSR count). The van der Waals surface area contributed by atoms with Crippen LogP contribution in [0.2, 0.25) is 0 Å². The predicted molar refractivity (Wildman–Crippen MR) is 104 cm³/mol. The van der Waals surface area contributed by atoms with Gasteiger partial charge in [0.15, 0.2) is 0 Å². The second-order valence-electron chi connectivity index (χ2n) is 6.31. The van der Waals surface area contributed by atoms with E-state index >= 15 is 0 Å². The first-order chi connectivity index (χ1) is 11.0. The van der Waals surface area contributed by atoms with E-state index in [4.69, 9.17) is 0 Å². The first-order valence-electron chi connectivity index (χ1n) is 10.0. The third-order valence-corrected chi connectivity index (χ3v) is 4.55. The Hall–Kier alpha value is -0.570. The molecule has 0 saturated carbocycles. The van der Waals surface area contributed by atoms with Gasteiger partial charge in [0.05, 0.1) is 0 Å². The lowest BCUT2D eigenvalue weighted by atomic mass is 9.99. The number of nitrogens with zero attached hydrogens (tertiary/aromatic N) is 2. The van der Waals surface area contributed by atoms with Gasteiger partial charge in [0.2, 0.25) is 5.91 Å². The molecule has 0 aromatic carbocycles. The number of piperidine rings is 2. The molecular formula is C20H44N2O. The van der Waals surface area contributed by atoms with E-state index in [1.807, 2.05) is 32.6 Å². The van der Waals surface area contributed by atoms with Gasteiger partial charge in [-0.2, -0.15) is 0 Å². The van der Waals surface area contributed by atoms with Crippen LogP contribution in [0, 0.1) is 11.8 Å². The lowest BCUT2D eigenvalue weighted by molar-refractivity contribution is -0.130. The van der Waals surface area contributed by atoms with Crippen molar-refractivity contribution in [3.63, 3.8) is 0 Å². The topological polar surface area (TPSA) is 23.6 Å². The molecule has 0 bridgehead atoms. The van der Waals surface area contributed by atoms with Crippen LogP contribution < -0.4 is 0 Å². The molecule has 0 unspecified atom stereocenters.